The lowest BCUT2D eigenvalue weighted by molar-refractivity contribution is 0.0654. The van der Waals surface area contributed by atoms with Gasteiger partial charge in [0.15, 0.2) is 5.76 Å². The average Bonchev–Trinajstić information content (AvgIpc) is 2.95. The van der Waals surface area contributed by atoms with Crippen LogP contribution in [-0.4, -0.2) is 23.1 Å². The highest BCUT2D eigenvalue weighted by Crippen LogP contribution is 2.15. The third kappa shape index (κ3) is 4.20. The molecule has 0 saturated carbocycles. The molecule has 0 aliphatic heterocycles. The third-order valence-electron chi connectivity index (χ3n) is 2.81. The van der Waals surface area contributed by atoms with Gasteiger partial charge in [0.1, 0.15) is 0 Å². The lowest BCUT2D eigenvalue weighted by Gasteiger charge is -2.09. The number of furan rings is 1. The predicted octanol–water partition coefficient (Wildman–Crippen LogP) is 3.16. The summed E-state index contributed by atoms with van der Waals surface area (Å²) in [5, 5.41) is 11.4. The highest BCUT2D eigenvalue weighted by atomic mass is 16.5. The van der Waals surface area contributed by atoms with E-state index in [-0.39, 0.29) is 17.6 Å². The van der Waals surface area contributed by atoms with Gasteiger partial charge in [-0.2, -0.15) is 0 Å². The second-order valence-electron chi connectivity index (χ2n) is 4.98. The monoisotopic (exact) mass is 303 g/mol. The Morgan fingerprint density at radius 3 is 2.59 bits per heavy atom. The van der Waals surface area contributed by atoms with Crippen LogP contribution in [0, 0.1) is 0 Å². The molecule has 6 heteroatoms. The van der Waals surface area contributed by atoms with Gasteiger partial charge >= 0.3 is 5.97 Å². The van der Waals surface area contributed by atoms with Crippen molar-refractivity contribution in [2.75, 3.05) is 5.32 Å². The number of anilines is 1. The van der Waals surface area contributed by atoms with E-state index in [0.29, 0.717) is 12.3 Å². The van der Waals surface area contributed by atoms with Crippen molar-refractivity contribution in [3.05, 3.63) is 53.5 Å². The van der Waals surface area contributed by atoms with Crippen molar-refractivity contribution in [2.24, 2.45) is 0 Å². The van der Waals surface area contributed by atoms with E-state index in [1.807, 2.05) is 19.9 Å². The van der Waals surface area contributed by atoms with E-state index in [1.165, 1.54) is 12.1 Å². The third-order valence-corrected chi connectivity index (χ3v) is 2.81. The molecule has 1 aromatic carbocycles. The maximum absolute atomic E-state index is 12.0. The Labute approximate surface area is 127 Å². The summed E-state index contributed by atoms with van der Waals surface area (Å²) in [6, 6.07) is 9.79. The van der Waals surface area contributed by atoms with E-state index in [1.54, 1.807) is 18.2 Å². The van der Waals surface area contributed by atoms with Crippen LogP contribution in [0.25, 0.3) is 0 Å². The molecule has 0 radical (unpaired) electrons. The summed E-state index contributed by atoms with van der Waals surface area (Å²) in [6.45, 7) is 4.34. The van der Waals surface area contributed by atoms with Crippen LogP contribution in [0.4, 0.5) is 5.69 Å². The van der Waals surface area contributed by atoms with E-state index < -0.39 is 11.9 Å². The molecule has 1 amide bonds. The summed E-state index contributed by atoms with van der Waals surface area (Å²) in [4.78, 5) is 22.7. The van der Waals surface area contributed by atoms with Crippen LogP contribution >= 0.6 is 0 Å². The molecular weight excluding hydrogens is 286 g/mol. The topological polar surface area (TPSA) is 88.8 Å². The number of benzene rings is 1. The lowest BCUT2D eigenvalue weighted by Crippen LogP contribution is -2.11. The molecule has 6 nitrogen and oxygen atoms in total. The number of carbonyl (C=O) groups excluding carboxylic acids is 1. The van der Waals surface area contributed by atoms with Crippen molar-refractivity contribution in [3.8, 4) is 0 Å². The number of rotatable bonds is 6. The van der Waals surface area contributed by atoms with Gasteiger partial charge < -0.3 is 19.6 Å². The molecule has 0 saturated heterocycles. The molecule has 2 N–H and O–H groups in total. The predicted molar refractivity (Wildman–Crippen MR) is 80.0 cm³/mol. The van der Waals surface area contributed by atoms with E-state index in [9.17, 15) is 9.59 Å². The number of hydrogen-bond acceptors (Lipinski definition) is 4. The average molecular weight is 303 g/mol. The number of hydrogen-bond donors (Lipinski definition) is 2. The summed E-state index contributed by atoms with van der Waals surface area (Å²) in [7, 11) is 0. The van der Waals surface area contributed by atoms with Gasteiger partial charge in [-0.3, -0.25) is 4.79 Å². The first kappa shape index (κ1) is 15.8. The highest BCUT2D eigenvalue weighted by molar-refractivity contribution is 6.02. The zero-order chi connectivity index (χ0) is 16.1. The summed E-state index contributed by atoms with van der Waals surface area (Å²) in [6.07, 6.45) is 0.121. The second kappa shape index (κ2) is 6.91. The first-order chi connectivity index (χ1) is 10.5. The fourth-order valence-corrected chi connectivity index (χ4v) is 1.77. The Morgan fingerprint density at radius 1 is 1.23 bits per heavy atom. The normalized spacial score (nSPS) is 10.7. The van der Waals surface area contributed by atoms with Crippen LogP contribution in [0.3, 0.4) is 0 Å². The van der Waals surface area contributed by atoms with E-state index >= 15 is 0 Å². The number of carbonyl (C=O) groups is 2. The fourth-order valence-electron chi connectivity index (χ4n) is 1.77. The number of nitrogens with one attached hydrogen (secondary N) is 1. The maximum atomic E-state index is 12.0. The minimum Gasteiger partial charge on any atom is -0.475 e. The minimum atomic E-state index is -1.22. The van der Waals surface area contributed by atoms with Crippen molar-refractivity contribution in [2.45, 2.75) is 26.6 Å². The van der Waals surface area contributed by atoms with E-state index in [0.717, 1.165) is 5.56 Å². The fraction of sp³-hybridized carbons (Fsp3) is 0.250. The summed E-state index contributed by atoms with van der Waals surface area (Å²) in [5.74, 6) is -2.05. The molecule has 116 valence electrons. The van der Waals surface area contributed by atoms with Crippen molar-refractivity contribution in [3.63, 3.8) is 0 Å². The van der Waals surface area contributed by atoms with Crippen molar-refractivity contribution >= 4 is 17.6 Å². The molecule has 0 bridgehead atoms. The maximum Gasteiger partial charge on any atom is 0.371 e. The summed E-state index contributed by atoms with van der Waals surface area (Å²) in [5.41, 5.74) is 1.51. The molecule has 1 aromatic heterocycles. The molecule has 2 rings (SSSR count). The number of aromatic carboxylic acids is 1. The van der Waals surface area contributed by atoms with Crippen molar-refractivity contribution in [1.29, 1.82) is 0 Å². The summed E-state index contributed by atoms with van der Waals surface area (Å²) >= 11 is 0. The molecular formula is C16H17NO5. The molecule has 0 fully saturated rings. The Kier molecular flexibility index (Phi) is 4.95. The molecule has 1 heterocycles. The van der Waals surface area contributed by atoms with E-state index in [2.05, 4.69) is 5.32 Å². The molecule has 2 aromatic rings. The molecule has 0 unspecified atom stereocenters. The first-order valence-corrected chi connectivity index (χ1v) is 6.80. The highest BCUT2D eigenvalue weighted by Gasteiger charge is 2.15. The SMILES string of the molecule is CC(C)OCc1cccc(NC(=O)c2ccc(C(=O)O)o2)c1. The number of carboxylic acids is 1. The Morgan fingerprint density at radius 2 is 1.95 bits per heavy atom. The van der Waals surface area contributed by atoms with Crippen LogP contribution in [0.5, 0.6) is 0 Å². The van der Waals surface area contributed by atoms with Crippen LogP contribution in [0.15, 0.2) is 40.8 Å². The Hall–Kier alpha value is -2.60. The van der Waals surface area contributed by atoms with Gasteiger partial charge in [0.05, 0.1) is 12.7 Å². The number of ether oxygens (including phenoxy) is 1. The molecule has 0 atom stereocenters. The van der Waals surface area contributed by atoms with Gasteiger partial charge in [0, 0.05) is 5.69 Å². The lowest BCUT2D eigenvalue weighted by atomic mass is 10.2. The minimum absolute atomic E-state index is 0.0544. The van der Waals surface area contributed by atoms with Crippen LogP contribution in [0.1, 0.15) is 40.5 Å². The van der Waals surface area contributed by atoms with Crippen LogP contribution in [-0.2, 0) is 11.3 Å². The van der Waals surface area contributed by atoms with Gasteiger partial charge in [0.2, 0.25) is 5.76 Å². The second-order valence-corrected chi connectivity index (χ2v) is 4.98. The van der Waals surface area contributed by atoms with Gasteiger partial charge in [0.25, 0.3) is 5.91 Å². The summed E-state index contributed by atoms with van der Waals surface area (Å²) < 4.78 is 10.5. The number of amides is 1. The standard InChI is InChI=1S/C16H17NO5/c1-10(2)21-9-11-4-3-5-12(8-11)17-15(18)13-6-7-14(22-13)16(19)20/h3-8,10H,9H2,1-2H3,(H,17,18)(H,19,20). The Bertz CT molecular complexity index is 675. The van der Waals surface area contributed by atoms with Gasteiger partial charge in [-0.15, -0.1) is 0 Å². The molecule has 0 aliphatic carbocycles. The molecule has 22 heavy (non-hydrogen) atoms. The van der Waals surface area contributed by atoms with Crippen molar-refractivity contribution in [1.82, 2.24) is 0 Å². The Balaban J connectivity index is 2.04. The zero-order valence-corrected chi connectivity index (χ0v) is 12.3. The molecule has 0 aliphatic rings. The zero-order valence-electron chi connectivity index (χ0n) is 12.3. The molecule has 0 spiro atoms. The number of carboxylic acid groups (broad SMARTS) is 1. The van der Waals surface area contributed by atoms with Gasteiger partial charge in [-0.05, 0) is 43.7 Å². The van der Waals surface area contributed by atoms with Gasteiger partial charge in [-0.1, -0.05) is 12.1 Å². The van der Waals surface area contributed by atoms with Crippen LogP contribution < -0.4 is 5.32 Å². The first-order valence-electron chi connectivity index (χ1n) is 6.80. The largest absolute Gasteiger partial charge is 0.475 e. The van der Waals surface area contributed by atoms with Crippen LogP contribution in [0.2, 0.25) is 0 Å². The van der Waals surface area contributed by atoms with E-state index in [4.69, 9.17) is 14.3 Å². The smallest absolute Gasteiger partial charge is 0.371 e. The quantitative estimate of drug-likeness (QED) is 0.855. The van der Waals surface area contributed by atoms with Crippen molar-refractivity contribution < 1.29 is 23.8 Å². The van der Waals surface area contributed by atoms with Gasteiger partial charge in [-0.25, -0.2) is 4.79 Å².